The zero-order valence-electron chi connectivity index (χ0n) is 10.3. The molecule has 0 aromatic rings. The van der Waals surface area contributed by atoms with E-state index in [2.05, 4.69) is 0 Å². The van der Waals surface area contributed by atoms with E-state index in [-0.39, 0.29) is 17.9 Å². The van der Waals surface area contributed by atoms with Crippen LogP contribution in [-0.4, -0.2) is 28.7 Å². The zero-order chi connectivity index (χ0) is 11.7. The Labute approximate surface area is 97.8 Å². The van der Waals surface area contributed by atoms with Crippen LogP contribution >= 0.6 is 0 Å². The van der Waals surface area contributed by atoms with Gasteiger partial charge in [0.25, 0.3) is 0 Å². The van der Waals surface area contributed by atoms with Gasteiger partial charge in [-0.2, -0.15) is 0 Å². The third-order valence-electron chi connectivity index (χ3n) is 4.46. The second-order valence-electron chi connectivity index (χ2n) is 5.60. The highest BCUT2D eigenvalue weighted by atomic mass is 16.6. The normalized spacial score (nSPS) is 46.9. The third kappa shape index (κ3) is 2.27. The van der Waals surface area contributed by atoms with Gasteiger partial charge >= 0.3 is 0 Å². The molecule has 0 radical (unpaired) electrons. The van der Waals surface area contributed by atoms with Gasteiger partial charge in [0.05, 0.1) is 12.2 Å². The maximum atomic E-state index is 10.1. The van der Waals surface area contributed by atoms with Crippen LogP contribution in [0.4, 0.5) is 0 Å². The van der Waals surface area contributed by atoms with Gasteiger partial charge in [-0.1, -0.05) is 33.1 Å². The Morgan fingerprint density at radius 1 is 0.938 bits per heavy atom. The highest BCUT2D eigenvalue weighted by Gasteiger charge is 2.42. The summed E-state index contributed by atoms with van der Waals surface area (Å²) in [7, 11) is 0. The van der Waals surface area contributed by atoms with Crippen LogP contribution in [0.2, 0.25) is 0 Å². The van der Waals surface area contributed by atoms with E-state index in [1.165, 1.54) is 32.1 Å². The van der Waals surface area contributed by atoms with Crippen molar-refractivity contribution in [2.24, 2.45) is 17.8 Å². The fourth-order valence-corrected chi connectivity index (χ4v) is 3.25. The molecule has 2 rings (SSSR count). The lowest BCUT2D eigenvalue weighted by molar-refractivity contribution is -0.255. The number of ether oxygens (including phenoxy) is 1. The Bertz CT molecular complexity index is 223. The van der Waals surface area contributed by atoms with Crippen LogP contribution in [0.5, 0.6) is 0 Å². The van der Waals surface area contributed by atoms with Crippen molar-refractivity contribution in [3.63, 3.8) is 0 Å². The van der Waals surface area contributed by atoms with E-state index in [1.807, 2.05) is 13.8 Å². The summed E-state index contributed by atoms with van der Waals surface area (Å²) in [6, 6.07) is 0. The van der Waals surface area contributed by atoms with Gasteiger partial charge in [-0.25, -0.2) is 0 Å². The van der Waals surface area contributed by atoms with Gasteiger partial charge in [-0.3, -0.25) is 0 Å². The van der Waals surface area contributed by atoms with E-state index in [9.17, 15) is 10.2 Å². The van der Waals surface area contributed by atoms with Crippen LogP contribution < -0.4 is 0 Å². The predicted molar refractivity (Wildman–Crippen MR) is 61.8 cm³/mol. The quantitative estimate of drug-likeness (QED) is 0.721. The summed E-state index contributed by atoms with van der Waals surface area (Å²) in [5.74, 6) is 0.497. The van der Waals surface area contributed by atoms with Crippen LogP contribution in [0.25, 0.3) is 0 Å². The van der Waals surface area contributed by atoms with Gasteiger partial charge in [-0.15, -0.1) is 0 Å². The third-order valence-corrected chi connectivity index (χ3v) is 4.46. The van der Waals surface area contributed by atoms with E-state index in [0.717, 1.165) is 0 Å². The lowest BCUT2D eigenvalue weighted by Crippen LogP contribution is -2.51. The molecule has 1 heterocycles. The second kappa shape index (κ2) is 5.03. The Balaban J connectivity index is 2.02. The van der Waals surface area contributed by atoms with Crippen LogP contribution in [0.1, 0.15) is 46.0 Å². The summed E-state index contributed by atoms with van der Waals surface area (Å²) >= 11 is 0. The zero-order valence-corrected chi connectivity index (χ0v) is 10.3. The Morgan fingerprint density at radius 3 is 2.19 bits per heavy atom. The Kier molecular flexibility index (Phi) is 3.88. The summed E-state index contributed by atoms with van der Waals surface area (Å²) < 4.78 is 5.72. The van der Waals surface area contributed by atoms with Crippen molar-refractivity contribution in [1.82, 2.24) is 0 Å². The molecule has 1 saturated heterocycles. The van der Waals surface area contributed by atoms with Crippen LogP contribution in [0.3, 0.4) is 0 Å². The molecule has 16 heavy (non-hydrogen) atoms. The number of hydrogen-bond acceptors (Lipinski definition) is 3. The lowest BCUT2D eigenvalue weighted by atomic mass is 9.75. The van der Waals surface area contributed by atoms with E-state index < -0.39 is 12.4 Å². The highest BCUT2D eigenvalue weighted by molar-refractivity contribution is 4.88. The largest absolute Gasteiger partial charge is 0.392 e. The highest BCUT2D eigenvalue weighted by Crippen LogP contribution is 2.38. The molecule has 3 heteroatoms. The molecule has 0 aromatic heterocycles. The molecule has 1 aliphatic heterocycles. The summed E-state index contributed by atoms with van der Waals surface area (Å²) in [5.41, 5.74) is 0. The van der Waals surface area contributed by atoms with Crippen molar-refractivity contribution in [3.05, 3.63) is 0 Å². The number of hydrogen-bond donors (Lipinski definition) is 2. The first-order chi connectivity index (χ1) is 7.61. The molecule has 94 valence electrons. The molecular formula is C13H24O3. The summed E-state index contributed by atoms with van der Waals surface area (Å²) in [6.45, 7) is 3.90. The Hall–Kier alpha value is -0.120. The maximum absolute atomic E-state index is 10.1. The smallest absolute Gasteiger partial charge is 0.159 e. The summed E-state index contributed by atoms with van der Waals surface area (Å²) in [5, 5.41) is 19.9. The van der Waals surface area contributed by atoms with Gasteiger partial charge in [0.2, 0.25) is 0 Å². The van der Waals surface area contributed by atoms with Crippen LogP contribution in [0, 0.1) is 17.8 Å². The molecule has 1 saturated carbocycles. The summed E-state index contributed by atoms with van der Waals surface area (Å²) in [6.07, 6.45) is 5.03. The van der Waals surface area contributed by atoms with E-state index in [0.29, 0.717) is 5.92 Å². The van der Waals surface area contributed by atoms with E-state index >= 15 is 0 Å². The molecule has 3 nitrogen and oxygen atoms in total. The number of rotatable bonds is 1. The molecule has 0 spiro atoms. The minimum absolute atomic E-state index is 0.0431. The van der Waals surface area contributed by atoms with Crippen molar-refractivity contribution >= 4 is 0 Å². The molecule has 5 atom stereocenters. The molecule has 1 unspecified atom stereocenters. The fraction of sp³-hybridized carbons (Fsp3) is 1.00. The first-order valence-corrected chi connectivity index (χ1v) is 6.63. The van der Waals surface area contributed by atoms with Gasteiger partial charge in [0.15, 0.2) is 6.29 Å². The number of aliphatic hydroxyl groups excluding tert-OH is 2. The van der Waals surface area contributed by atoms with Gasteiger partial charge < -0.3 is 14.9 Å². The van der Waals surface area contributed by atoms with Gasteiger partial charge in [0, 0.05) is 11.8 Å². The molecule has 2 N–H and O–H groups in total. The van der Waals surface area contributed by atoms with Gasteiger partial charge in [0.1, 0.15) is 0 Å². The fourth-order valence-electron chi connectivity index (χ4n) is 3.25. The molecule has 0 bridgehead atoms. The molecule has 2 fully saturated rings. The first-order valence-electron chi connectivity index (χ1n) is 6.63. The molecule has 0 amide bonds. The molecule has 0 aromatic carbocycles. The monoisotopic (exact) mass is 228 g/mol. The lowest BCUT2D eigenvalue weighted by Gasteiger charge is -2.44. The minimum Gasteiger partial charge on any atom is -0.392 e. The first kappa shape index (κ1) is 12.3. The molecular weight excluding hydrogens is 204 g/mol. The molecule has 2 aliphatic rings. The minimum atomic E-state index is -0.793. The van der Waals surface area contributed by atoms with Crippen molar-refractivity contribution in [2.75, 3.05) is 0 Å². The van der Waals surface area contributed by atoms with Crippen molar-refractivity contribution in [1.29, 1.82) is 0 Å². The van der Waals surface area contributed by atoms with Gasteiger partial charge in [-0.05, 0) is 18.8 Å². The molecule has 1 aliphatic carbocycles. The van der Waals surface area contributed by atoms with Crippen LogP contribution in [-0.2, 0) is 4.74 Å². The predicted octanol–water partition coefficient (Wildman–Crippen LogP) is 1.92. The average molecular weight is 228 g/mol. The van der Waals surface area contributed by atoms with E-state index in [4.69, 9.17) is 4.74 Å². The second-order valence-corrected chi connectivity index (χ2v) is 5.60. The van der Waals surface area contributed by atoms with Crippen molar-refractivity contribution in [2.45, 2.75) is 64.4 Å². The standard InChI is InChI=1S/C13H24O3/c1-8-11(14)9(2)13(15)16-12(8)10-6-4-3-5-7-10/h8-15H,3-7H2,1-2H3/t8-,9-,11-,12-,13?/m1/s1. The Morgan fingerprint density at radius 2 is 1.56 bits per heavy atom. The topological polar surface area (TPSA) is 49.7 Å². The van der Waals surface area contributed by atoms with E-state index in [1.54, 1.807) is 0 Å². The maximum Gasteiger partial charge on any atom is 0.159 e. The van der Waals surface area contributed by atoms with Crippen LogP contribution in [0.15, 0.2) is 0 Å². The van der Waals surface area contributed by atoms with Crippen molar-refractivity contribution < 1.29 is 14.9 Å². The van der Waals surface area contributed by atoms with Crippen molar-refractivity contribution in [3.8, 4) is 0 Å². The average Bonchev–Trinajstić information content (AvgIpc) is 2.32. The number of aliphatic hydroxyl groups is 2. The summed E-state index contributed by atoms with van der Waals surface area (Å²) in [4.78, 5) is 0. The SMILES string of the molecule is C[C@@H]1[C@@H](O)[C@@H](C)C(O)O[C@H]1C1CCCCC1.